The van der Waals surface area contributed by atoms with Crippen molar-refractivity contribution in [1.82, 2.24) is 20.6 Å². The molecule has 0 aromatic carbocycles. The van der Waals surface area contributed by atoms with Crippen LogP contribution in [0, 0.1) is 0 Å². The summed E-state index contributed by atoms with van der Waals surface area (Å²) in [5.41, 5.74) is 0.914. The van der Waals surface area contributed by atoms with Crippen LogP contribution in [-0.2, 0) is 0 Å². The number of pyridine rings is 2. The minimum atomic E-state index is -0.423. The van der Waals surface area contributed by atoms with Crippen molar-refractivity contribution in [2.45, 2.75) is 13.0 Å². The third-order valence-corrected chi connectivity index (χ3v) is 3.16. The third kappa shape index (κ3) is 5.67. The SMILES string of the molecule is CNC(C)CNC(=O)c1ccc(-c2ccccn2)[nH]c1=O.Cl.Cl. The number of likely N-dealkylation sites (N-methyl/N-ethyl adjacent to an activating group) is 1. The summed E-state index contributed by atoms with van der Waals surface area (Å²) in [5, 5.41) is 5.72. The molecule has 0 aliphatic rings. The molecule has 0 radical (unpaired) electrons. The molecule has 0 saturated heterocycles. The summed E-state index contributed by atoms with van der Waals surface area (Å²) >= 11 is 0. The third-order valence-electron chi connectivity index (χ3n) is 3.16. The van der Waals surface area contributed by atoms with Crippen molar-refractivity contribution in [3.63, 3.8) is 0 Å². The van der Waals surface area contributed by atoms with E-state index >= 15 is 0 Å². The summed E-state index contributed by atoms with van der Waals surface area (Å²) < 4.78 is 0. The predicted octanol–water partition coefficient (Wildman–Crippen LogP) is 1.62. The molecule has 0 spiro atoms. The van der Waals surface area contributed by atoms with Crippen molar-refractivity contribution < 1.29 is 4.79 Å². The van der Waals surface area contributed by atoms with Crippen LogP contribution in [-0.4, -0.2) is 35.5 Å². The van der Waals surface area contributed by atoms with E-state index in [2.05, 4.69) is 20.6 Å². The lowest BCUT2D eigenvalue weighted by molar-refractivity contribution is 0.0949. The highest BCUT2D eigenvalue weighted by Crippen LogP contribution is 2.11. The Labute approximate surface area is 146 Å². The molecule has 8 heteroatoms. The van der Waals surface area contributed by atoms with Crippen LogP contribution < -0.4 is 16.2 Å². The van der Waals surface area contributed by atoms with E-state index < -0.39 is 5.56 Å². The molecule has 0 saturated carbocycles. The first-order valence-corrected chi connectivity index (χ1v) is 6.72. The zero-order valence-corrected chi connectivity index (χ0v) is 14.5. The summed E-state index contributed by atoms with van der Waals surface area (Å²) in [6.07, 6.45) is 1.65. The van der Waals surface area contributed by atoms with Gasteiger partial charge in [0.2, 0.25) is 0 Å². The predicted molar refractivity (Wildman–Crippen MR) is 95.6 cm³/mol. The van der Waals surface area contributed by atoms with E-state index in [-0.39, 0.29) is 42.3 Å². The minimum absolute atomic E-state index is 0. The molecule has 0 aliphatic carbocycles. The summed E-state index contributed by atoms with van der Waals surface area (Å²) in [7, 11) is 1.81. The summed E-state index contributed by atoms with van der Waals surface area (Å²) in [5.74, 6) is -0.383. The lowest BCUT2D eigenvalue weighted by atomic mass is 10.2. The molecule has 1 unspecified atom stereocenters. The summed E-state index contributed by atoms with van der Waals surface area (Å²) in [6, 6.07) is 8.76. The normalized spacial score (nSPS) is 10.9. The van der Waals surface area contributed by atoms with Gasteiger partial charge in [0.05, 0.1) is 11.4 Å². The van der Waals surface area contributed by atoms with Crippen LogP contribution >= 0.6 is 24.8 Å². The molecule has 1 amide bonds. The molecule has 2 heterocycles. The van der Waals surface area contributed by atoms with Gasteiger partial charge in [-0.15, -0.1) is 24.8 Å². The van der Waals surface area contributed by atoms with Crippen LogP contribution in [0.4, 0.5) is 0 Å². The van der Waals surface area contributed by atoms with Gasteiger partial charge in [-0.05, 0) is 38.2 Å². The number of nitrogens with zero attached hydrogens (tertiary/aromatic N) is 1. The van der Waals surface area contributed by atoms with Crippen molar-refractivity contribution in [3.05, 3.63) is 52.4 Å². The van der Waals surface area contributed by atoms with Gasteiger partial charge in [-0.3, -0.25) is 14.6 Å². The Bertz CT molecular complexity index is 677. The van der Waals surface area contributed by atoms with Crippen molar-refractivity contribution in [1.29, 1.82) is 0 Å². The molecule has 0 bridgehead atoms. The smallest absolute Gasteiger partial charge is 0.261 e. The van der Waals surface area contributed by atoms with E-state index in [9.17, 15) is 9.59 Å². The number of hydrogen-bond acceptors (Lipinski definition) is 4. The Balaban J connectivity index is 0.00000242. The number of H-pyrrole nitrogens is 1. The number of carbonyl (C=O) groups excluding carboxylic acids is 1. The fourth-order valence-corrected chi connectivity index (χ4v) is 1.77. The Hall–Kier alpha value is -1.89. The fraction of sp³-hybridized carbons (Fsp3) is 0.267. The van der Waals surface area contributed by atoms with Crippen LogP contribution in [0.1, 0.15) is 17.3 Å². The van der Waals surface area contributed by atoms with E-state index in [0.29, 0.717) is 17.9 Å². The van der Waals surface area contributed by atoms with Crippen molar-refractivity contribution in [2.75, 3.05) is 13.6 Å². The number of rotatable bonds is 5. The molecule has 2 aromatic rings. The van der Waals surface area contributed by atoms with Gasteiger partial charge in [-0.1, -0.05) is 6.07 Å². The van der Waals surface area contributed by atoms with Gasteiger partial charge in [0, 0.05) is 18.8 Å². The van der Waals surface area contributed by atoms with Gasteiger partial charge in [-0.25, -0.2) is 0 Å². The van der Waals surface area contributed by atoms with Crippen molar-refractivity contribution in [2.24, 2.45) is 0 Å². The molecule has 126 valence electrons. The second-order valence-electron chi connectivity index (χ2n) is 4.73. The summed E-state index contributed by atoms with van der Waals surface area (Å²) in [6.45, 7) is 2.39. The lowest BCUT2D eigenvalue weighted by Crippen LogP contribution is -2.38. The van der Waals surface area contributed by atoms with E-state index in [1.807, 2.05) is 20.0 Å². The molecular formula is C15H20Cl2N4O2. The van der Waals surface area contributed by atoms with Crippen LogP contribution in [0.3, 0.4) is 0 Å². The first-order valence-electron chi connectivity index (χ1n) is 6.72. The zero-order valence-electron chi connectivity index (χ0n) is 12.8. The van der Waals surface area contributed by atoms with Gasteiger partial charge in [0.25, 0.3) is 11.5 Å². The molecule has 3 N–H and O–H groups in total. The van der Waals surface area contributed by atoms with E-state index in [1.165, 1.54) is 6.07 Å². The second-order valence-corrected chi connectivity index (χ2v) is 4.73. The molecule has 2 aromatic heterocycles. The molecule has 0 fully saturated rings. The Morgan fingerprint density at radius 3 is 2.57 bits per heavy atom. The number of aromatic nitrogens is 2. The maximum absolute atomic E-state index is 12.0. The van der Waals surface area contributed by atoms with Gasteiger partial charge in [0.15, 0.2) is 0 Å². The van der Waals surface area contributed by atoms with E-state index in [0.717, 1.165) is 0 Å². The van der Waals surface area contributed by atoms with Gasteiger partial charge in [0.1, 0.15) is 5.56 Å². The maximum atomic E-state index is 12.0. The zero-order chi connectivity index (χ0) is 15.2. The first kappa shape index (κ1) is 21.1. The van der Waals surface area contributed by atoms with Crippen molar-refractivity contribution in [3.8, 4) is 11.4 Å². The van der Waals surface area contributed by atoms with Gasteiger partial charge < -0.3 is 15.6 Å². The number of carbonyl (C=O) groups is 1. The van der Waals surface area contributed by atoms with Crippen LogP contribution in [0.15, 0.2) is 41.3 Å². The number of amides is 1. The summed E-state index contributed by atoms with van der Waals surface area (Å²) in [4.78, 5) is 30.8. The molecular weight excluding hydrogens is 339 g/mol. The monoisotopic (exact) mass is 358 g/mol. The van der Waals surface area contributed by atoms with Crippen LogP contribution in [0.25, 0.3) is 11.4 Å². The highest BCUT2D eigenvalue weighted by molar-refractivity contribution is 5.94. The quantitative estimate of drug-likeness (QED) is 0.757. The minimum Gasteiger partial charge on any atom is -0.350 e. The average Bonchev–Trinajstić information content (AvgIpc) is 2.53. The standard InChI is InChI=1S/C15H18N4O2.2ClH/c1-10(16-2)9-18-14(20)11-6-7-13(19-15(11)21)12-5-3-4-8-17-12;;/h3-8,10,16H,9H2,1-2H3,(H,18,20)(H,19,21);2*1H. The highest BCUT2D eigenvalue weighted by atomic mass is 35.5. The van der Waals surface area contributed by atoms with E-state index in [4.69, 9.17) is 0 Å². The van der Waals surface area contributed by atoms with Crippen LogP contribution in [0.5, 0.6) is 0 Å². The average molecular weight is 359 g/mol. The number of hydrogen-bond donors (Lipinski definition) is 3. The molecule has 1 atom stereocenters. The fourth-order valence-electron chi connectivity index (χ4n) is 1.77. The Morgan fingerprint density at radius 1 is 1.26 bits per heavy atom. The van der Waals surface area contributed by atoms with E-state index in [1.54, 1.807) is 24.4 Å². The highest BCUT2D eigenvalue weighted by Gasteiger charge is 2.12. The van der Waals surface area contributed by atoms with Gasteiger partial charge >= 0.3 is 0 Å². The lowest BCUT2D eigenvalue weighted by Gasteiger charge is -2.11. The maximum Gasteiger partial charge on any atom is 0.261 e. The second kappa shape index (κ2) is 9.99. The van der Waals surface area contributed by atoms with Gasteiger partial charge in [-0.2, -0.15) is 0 Å². The number of nitrogens with one attached hydrogen (secondary N) is 3. The topological polar surface area (TPSA) is 86.9 Å². The van der Waals surface area contributed by atoms with Crippen molar-refractivity contribution >= 4 is 30.7 Å². The number of halogens is 2. The molecule has 23 heavy (non-hydrogen) atoms. The first-order chi connectivity index (χ1) is 10.1. The van der Waals surface area contributed by atoms with Crippen LogP contribution in [0.2, 0.25) is 0 Å². The largest absolute Gasteiger partial charge is 0.350 e. The molecule has 6 nitrogen and oxygen atoms in total. The number of aromatic amines is 1. The Kier molecular flexibility index (Phi) is 9.17. The Morgan fingerprint density at radius 2 is 2.00 bits per heavy atom. The molecule has 0 aliphatic heterocycles. The molecule has 2 rings (SSSR count).